The molecule has 192 valence electrons. The highest BCUT2D eigenvalue weighted by Gasteiger charge is 2.82. The molecule has 0 amide bonds. The van der Waals surface area contributed by atoms with Crippen molar-refractivity contribution in [3.8, 4) is 0 Å². The number of epoxide rings is 1. The topological polar surface area (TPSA) is 85.4 Å². The van der Waals surface area contributed by atoms with Crippen molar-refractivity contribution in [1.29, 1.82) is 0 Å². The Morgan fingerprint density at radius 1 is 1.06 bits per heavy atom. The van der Waals surface area contributed by atoms with Crippen molar-refractivity contribution in [3.63, 3.8) is 0 Å². The van der Waals surface area contributed by atoms with Gasteiger partial charge in [0.25, 0.3) is 0 Å². The van der Waals surface area contributed by atoms with Crippen molar-refractivity contribution >= 4 is 11.9 Å². The van der Waals surface area contributed by atoms with Crippen molar-refractivity contribution in [1.82, 2.24) is 0 Å². The molecule has 11 atom stereocenters. The molecule has 3 saturated heterocycles. The molecule has 3 aliphatic heterocycles. The fourth-order valence-electron chi connectivity index (χ4n) is 10.9. The summed E-state index contributed by atoms with van der Waals surface area (Å²) in [7, 11) is 0. The summed E-state index contributed by atoms with van der Waals surface area (Å²) in [5.41, 5.74) is 1.27. The van der Waals surface area contributed by atoms with Crippen molar-refractivity contribution in [2.24, 2.45) is 34.5 Å². The Labute approximate surface area is 212 Å². The highest BCUT2D eigenvalue weighted by Crippen LogP contribution is 2.78. The molecule has 2 bridgehead atoms. The van der Waals surface area contributed by atoms with Crippen LogP contribution in [0.4, 0.5) is 0 Å². The van der Waals surface area contributed by atoms with Gasteiger partial charge in [-0.1, -0.05) is 25.2 Å². The van der Waals surface area contributed by atoms with E-state index in [-0.39, 0.29) is 52.9 Å². The molecule has 36 heavy (non-hydrogen) atoms. The summed E-state index contributed by atoms with van der Waals surface area (Å²) in [6.45, 7) is 12.6. The van der Waals surface area contributed by atoms with Gasteiger partial charge in [-0.2, -0.15) is 0 Å². The lowest BCUT2D eigenvalue weighted by atomic mass is 9.53. The summed E-state index contributed by atoms with van der Waals surface area (Å²) in [6, 6.07) is 0. The van der Waals surface area contributed by atoms with E-state index in [2.05, 4.69) is 33.4 Å². The highest BCUT2D eigenvalue weighted by atomic mass is 16.6. The van der Waals surface area contributed by atoms with Gasteiger partial charge in [0, 0.05) is 28.7 Å². The molecule has 5 aliphatic carbocycles. The molecule has 0 aromatic rings. The largest absolute Gasteiger partial charge is 0.461 e. The first-order chi connectivity index (χ1) is 16.9. The van der Waals surface area contributed by atoms with Crippen LogP contribution in [0.15, 0.2) is 34.9 Å². The van der Waals surface area contributed by atoms with E-state index in [1.54, 1.807) is 0 Å². The van der Waals surface area contributed by atoms with Crippen molar-refractivity contribution < 1.29 is 28.9 Å². The maximum Gasteiger partial charge on any atom is 0.334 e. The third-order valence-corrected chi connectivity index (χ3v) is 12.5. The zero-order chi connectivity index (χ0) is 25.2. The molecule has 1 N–H and O–H groups in total. The summed E-state index contributed by atoms with van der Waals surface area (Å²) >= 11 is 0. The molecular weight excluding hydrogens is 456 g/mol. The minimum absolute atomic E-state index is 0.0811. The molecule has 0 aromatic carbocycles. The highest BCUT2D eigenvalue weighted by molar-refractivity contribution is 5.92. The van der Waals surface area contributed by atoms with Crippen LogP contribution in [-0.4, -0.2) is 46.1 Å². The maximum atomic E-state index is 14.2. The van der Waals surface area contributed by atoms with Gasteiger partial charge in [0.2, 0.25) is 0 Å². The lowest BCUT2D eigenvalue weighted by Gasteiger charge is -2.48. The fourth-order valence-corrected chi connectivity index (χ4v) is 10.9. The number of carbonyl (C=O) groups excluding carboxylic acids is 2. The second-order valence-corrected chi connectivity index (χ2v) is 13.9. The molecule has 6 nitrogen and oxygen atoms in total. The van der Waals surface area contributed by atoms with Crippen LogP contribution in [0.25, 0.3) is 0 Å². The van der Waals surface area contributed by atoms with Gasteiger partial charge in [-0.05, 0) is 82.8 Å². The van der Waals surface area contributed by atoms with E-state index in [1.807, 2.05) is 6.92 Å². The number of fused-ring (bicyclic) bond motifs is 10. The number of esters is 2. The maximum absolute atomic E-state index is 14.2. The summed E-state index contributed by atoms with van der Waals surface area (Å²) in [4.78, 5) is 26.9. The van der Waals surface area contributed by atoms with Gasteiger partial charge in [-0.25, -0.2) is 4.79 Å². The SMILES string of the molecule is C=C1C(=O)O[C@@H]2C3=C([C@H]4CC3(C)C3(C4)C(=O)O[C@H]4[C@H]3CC[C@]3(C)O[C@@]35CC=C(C)[C@H]45)[C@@](C)(O)CC[C@@H]12. The average Bonchev–Trinajstić information content (AvgIpc) is 3.16. The fraction of sp³-hybridized carbons (Fsp3) is 0.733. The van der Waals surface area contributed by atoms with Crippen LogP contribution in [0.2, 0.25) is 0 Å². The van der Waals surface area contributed by atoms with E-state index in [4.69, 9.17) is 14.2 Å². The first-order valence-electron chi connectivity index (χ1n) is 13.9. The van der Waals surface area contributed by atoms with E-state index in [0.717, 1.165) is 36.8 Å². The van der Waals surface area contributed by atoms with E-state index in [9.17, 15) is 14.7 Å². The minimum atomic E-state index is -0.973. The van der Waals surface area contributed by atoms with Gasteiger partial charge in [-0.15, -0.1) is 0 Å². The summed E-state index contributed by atoms with van der Waals surface area (Å²) in [5.74, 6) is -0.288. The third kappa shape index (κ3) is 2.08. The van der Waals surface area contributed by atoms with Crippen LogP contribution in [0, 0.1) is 34.5 Å². The molecule has 3 heterocycles. The molecule has 0 aromatic heterocycles. The number of hydrogen-bond donors (Lipinski definition) is 1. The lowest BCUT2D eigenvalue weighted by Crippen LogP contribution is -2.51. The molecule has 8 aliphatic rings. The zero-order valence-electron chi connectivity index (χ0n) is 21.7. The van der Waals surface area contributed by atoms with E-state index < -0.39 is 22.5 Å². The van der Waals surface area contributed by atoms with Crippen molar-refractivity contribution in [2.75, 3.05) is 0 Å². The summed E-state index contributed by atoms with van der Waals surface area (Å²) in [6.07, 6.45) is 7.12. The Morgan fingerprint density at radius 2 is 1.83 bits per heavy atom. The smallest absolute Gasteiger partial charge is 0.334 e. The third-order valence-electron chi connectivity index (χ3n) is 12.5. The number of hydrogen-bond acceptors (Lipinski definition) is 6. The predicted molar refractivity (Wildman–Crippen MR) is 129 cm³/mol. The van der Waals surface area contributed by atoms with Crippen LogP contribution in [0.5, 0.6) is 0 Å². The first kappa shape index (κ1) is 22.1. The van der Waals surface area contributed by atoms with Crippen LogP contribution in [-0.2, 0) is 23.8 Å². The van der Waals surface area contributed by atoms with Crippen molar-refractivity contribution in [2.45, 2.75) is 102 Å². The summed E-state index contributed by atoms with van der Waals surface area (Å²) in [5, 5.41) is 11.7. The Morgan fingerprint density at radius 3 is 2.61 bits per heavy atom. The number of carbonyl (C=O) groups is 2. The zero-order valence-corrected chi connectivity index (χ0v) is 21.7. The van der Waals surface area contributed by atoms with Crippen LogP contribution in [0.1, 0.15) is 72.6 Å². The second-order valence-electron chi connectivity index (χ2n) is 13.9. The molecule has 0 radical (unpaired) electrons. The Kier molecular flexibility index (Phi) is 3.71. The predicted octanol–water partition coefficient (Wildman–Crippen LogP) is 4.17. The molecule has 6 heteroatoms. The Hall–Kier alpha value is -1.92. The Bertz CT molecular complexity index is 1240. The first-order valence-corrected chi connectivity index (χ1v) is 13.9. The van der Waals surface area contributed by atoms with E-state index in [0.29, 0.717) is 24.8 Å². The van der Waals surface area contributed by atoms with Crippen LogP contribution < -0.4 is 0 Å². The molecular formula is C30H36O6. The Balaban J connectivity index is 1.30. The van der Waals surface area contributed by atoms with E-state index >= 15 is 0 Å². The number of ether oxygens (including phenoxy) is 3. The quantitative estimate of drug-likeness (QED) is 0.236. The standard InChI is InChI=1S/C30H36O6/c1-14-6-11-30-19(14)23-18(8-10-28(30,5)36-30)29(25(32)35-23)13-16-12-26(29,3)21-20(16)27(4,33)9-7-17-15(2)24(31)34-22(17)21/h6,16-19,22-23,33H,2,7-13H2,1,3-5H3/t16-,17-,18+,19+,22-,23-,26?,27-,28-,29?,30+/m0/s1. The van der Waals surface area contributed by atoms with E-state index in [1.165, 1.54) is 5.57 Å². The lowest BCUT2D eigenvalue weighted by molar-refractivity contribution is -0.154. The van der Waals surface area contributed by atoms with Gasteiger partial charge in [0.1, 0.15) is 17.8 Å². The van der Waals surface area contributed by atoms with Gasteiger partial charge in [-0.3, -0.25) is 4.79 Å². The van der Waals surface area contributed by atoms with Gasteiger partial charge in [0.15, 0.2) is 0 Å². The molecule has 2 unspecified atom stereocenters. The number of aliphatic hydroxyl groups is 1. The van der Waals surface area contributed by atoms with Crippen LogP contribution >= 0.6 is 0 Å². The van der Waals surface area contributed by atoms with Crippen molar-refractivity contribution in [3.05, 3.63) is 34.9 Å². The van der Waals surface area contributed by atoms with Gasteiger partial charge < -0.3 is 19.3 Å². The van der Waals surface area contributed by atoms with Gasteiger partial charge in [0.05, 0.1) is 16.6 Å². The molecule has 5 fully saturated rings. The molecule has 8 rings (SSSR count). The average molecular weight is 493 g/mol. The normalized spacial score (nSPS) is 57.9. The number of rotatable bonds is 0. The monoisotopic (exact) mass is 492 g/mol. The summed E-state index contributed by atoms with van der Waals surface area (Å²) < 4.78 is 19.0. The second kappa shape index (κ2) is 6.04. The van der Waals surface area contributed by atoms with Crippen LogP contribution in [0.3, 0.4) is 0 Å². The molecule has 2 spiro atoms. The minimum Gasteiger partial charge on any atom is -0.461 e. The molecule has 2 saturated carbocycles. The van der Waals surface area contributed by atoms with Gasteiger partial charge >= 0.3 is 11.9 Å².